The first-order valence-corrected chi connectivity index (χ1v) is 13.9. The number of amides is 2. The molecule has 0 radical (unpaired) electrons. The molecule has 4 rings (SSSR count). The van der Waals surface area contributed by atoms with Crippen LogP contribution in [-0.4, -0.2) is 40.5 Å². The molecule has 0 bridgehead atoms. The Morgan fingerprint density at radius 1 is 1.29 bits per heavy atom. The van der Waals surface area contributed by atoms with Gasteiger partial charge in [0.25, 0.3) is 5.91 Å². The summed E-state index contributed by atoms with van der Waals surface area (Å²) in [4.78, 5) is 43.2. The van der Waals surface area contributed by atoms with Gasteiger partial charge in [0.05, 0.1) is 33.9 Å². The second-order valence-electron chi connectivity index (χ2n) is 7.72. The summed E-state index contributed by atoms with van der Waals surface area (Å²) in [7, 11) is 0. The van der Waals surface area contributed by atoms with Crippen molar-refractivity contribution in [1.82, 2.24) is 4.57 Å². The smallest absolute Gasteiger partial charge is 0.341 e. The molecular weight excluding hydrogens is 509 g/mol. The predicted octanol–water partition coefficient (Wildman–Crippen LogP) is 4.55. The number of anilines is 1. The van der Waals surface area contributed by atoms with Gasteiger partial charge in [-0.1, -0.05) is 17.4 Å². The van der Waals surface area contributed by atoms with Gasteiger partial charge in [0.1, 0.15) is 10.8 Å². The van der Waals surface area contributed by atoms with E-state index in [2.05, 4.69) is 16.9 Å². The molecule has 2 amide bonds. The van der Waals surface area contributed by atoms with Crippen molar-refractivity contribution in [3.63, 3.8) is 0 Å². The normalized spacial score (nSPS) is 13.1. The number of halogens is 1. The van der Waals surface area contributed by atoms with Crippen LogP contribution in [0.4, 0.5) is 9.39 Å². The number of rotatable bonds is 9. The highest BCUT2D eigenvalue weighted by Crippen LogP contribution is 2.39. The third-order valence-electron chi connectivity index (χ3n) is 5.29. The molecule has 0 fully saturated rings. The highest BCUT2D eigenvalue weighted by Gasteiger charge is 2.28. The Balaban J connectivity index is 1.40. The van der Waals surface area contributed by atoms with Gasteiger partial charge in [0, 0.05) is 11.4 Å². The lowest BCUT2D eigenvalue weighted by molar-refractivity contribution is -0.115. The molecule has 7 nitrogen and oxygen atoms in total. The molecule has 184 valence electrons. The van der Waals surface area contributed by atoms with E-state index in [0.717, 1.165) is 47.0 Å². The zero-order valence-electron chi connectivity index (χ0n) is 19.1. The van der Waals surface area contributed by atoms with Gasteiger partial charge in [-0.15, -0.1) is 29.7 Å². The van der Waals surface area contributed by atoms with Crippen molar-refractivity contribution in [2.45, 2.75) is 32.7 Å². The van der Waals surface area contributed by atoms with Crippen LogP contribution in [-0.2, 0) is 33.7 Å². The van der Waals surface area contributed by atoms with Crippen LogP contribution in [0.15, 0.2) is 35.8 Å². The van der Waals surface area contributed by atoms with E-state index in [1.165, 1.54) is 34.8 Å². The summed E-state index contributed by atoms with van der Waals surface area (Å²) < 4.78 is 21.3. The van der Waals surface area contributed by atoms with Gasteiger partial charge < -0.3 is 14.6 Å². The van der Waals surface area contributed by atoms with E-state index in [4.69, 9.17) is 4.74 Å². The second kappa shape index (κ2) is 11.3. The molecule has 2 heterocycles. The van der Waals surface area contributed by atoms with Crippen LogP contribution >= 0.6 is 34.4 Å². The van der Waals surface area contributed by atoms with E-state index in [0.29, 0.717) is 26.6 Å². The standard InChI is InChI=1S/C24H24FN3O4S3/c1-3-10-28-16-9-8-14(25)11-18(16)35-24(28)27-20(30)13-33-12-19(29)26-22-21(23(31)32-4-2)15-6-5-7-17(15)34-22/h3,8-9,11H,1,4-7,10,12-13H2,2H3,(H,26,29). The molecule has 1 N–H and O–H groups in total. The SMILES string of the molecule is C=CCn1c(=NC(=O)CSCC(=O)Nc2sc3c(c2C(=O)OCC)CCC3)sc2cc(F)ccc21. The maximum atomic E-state index is 13.6. The number of hydrogen-bond donors (Lipinski definition) is 1. The van der Waals surface area contributed by atoms with Crippen LogP contribution in [0.25, 0.3) is 10.2 Å². The van der Waals surface area contributed by atoms with Crippen molar-refractivity contribution in [1.29, 1.82) is 0 Å². The summed E-state index contributed by atoms with van der Waals surface area (Å²) in [5.74, 6) is -1.42. The minimum atomic E-state index is -0.417. The van der Waals surface area contributed by atoms with Crippen LogP contribution in [0.3, 0.4) is 0 Å². The van der Waals surface area contributed by atoms with Crippen molar-refractivity contribution >= 4 is 67.4 Å². The topological polar surface area (TPSA) is 89.8 Å². The van der Waals surface area contributed by atoms with E-state index in [1.54, 1.807) is 23.6 Å². The third kappa shape index (κ3) is 5.74. The monoisotopic (exact) mass is 533 g/mol. The Labute approximate surface area is 213 Å². The van der Waals surface area contributed by atoms with Crippen LogP contribution in [0.5, 0.6) is 0 Å². The Hall–Kier alpha value is -2.76. The number of benzene rings is 1. The summed E-state index contributed by atoms with van der Waals surface area (Å²) in [6.45, 7) is 6.18. The zero-order chi connectivity index (χ0) is 24.9. The molecule has 1 aliphatic rings. The predicted molar refractivity (Wildman–Crippen MR) is 139 cm³/mol. The Kier molecular flexibility index (Phi) is 8.19. The summed E-state index contributed by atoms with van der Waals surface area (Å²) in [5, 5.41) is 3.33. The molecule has 2 aromatic heterocycles. The fourth-order valence-corrected chi connectivity index (χ4v) is 6.86. The molecule has 11 heteroatoms. The number of aryl methyl sites for hydroxylation is 1. The van der Waals surface area contributed by atoms with Crippen molar-refractivity contribution in [3.05, 3.63) is 57.5 Å². The average molecular weight is 534 g/mol. The van der Waals surface area contributed by atoms with Gasteiger partial charge in [-0.25, -0.2) is 9.18 Å². The highest BCUT2D eigenvalue weighted by molar-refractivity contribution is 8.00. The van der Waals surface area contributed by atoms with E-state index in [-0.39, 0.29) is 29.8 Å². The fourth-order valence-electron chi connectivity index (χ4n) is 3.88. The number of thiophene rings is 1. The quantitative estimate of drug-likeness (QED) is 0.322. The fraction of sp³-hybridized carbons (Fsp3) is 0.333. The number of hydrogen-bond acceptors (Lipinski definition) is 7. The van der Waals surface area contributed by atoms with Gasteiger partial charge in [-0.2, -0.15) is 4.99 Å². The lowest BCUT2D eigenvalue weighted by atomic mass is 10.1. The van der Waals surface area contributed by atoms with E-state index in [9.17, 15) is 18.8 Å². The minimum Gasteiger partial charge on any atom is -0.462 e. The maximum Gasteiger partial charge on any atom is 0.341 e. The van der Waals surface area contributed by atoms with Crippen LogP contribution in [0.2, 0.25) is 0 Å². The number of nitrogens with one attached hydrogen (secondary N) is 1. The van der Waals surface area contributed by atoms with Crippen LogP contribution in [0, 0.1) is 5.82 Å². The number of ether oxygens (including phenoxy) is 1. The molecule has 3 aromatic rings. The lowest BCUT2D eigenvalue weighted by Gasteiger charge is -2.07. The first-order chi connectivity index (χ1) is 16.9. The Morgan fingerprint density at radius 3 is 2.89 bits per heavy atom. The molecule has 0 saturated carbocycles. The van der Waals surface area contributed by atoms with Gasteiger partial charge >= 0.3 is 5.97 Å². The van der Waals surface area contributed by atoms with E-state index >= 15 is 0 Å². The summed E-state index contributed by atoms with van der Waals surface area (Å²) in [6, 6.07) is 4.43. The molecular formula is C24H24FN3O4S3. The molecule has 0 spiro atoms. The molecule has 0 atom stereocenters. The number of fused-ring (bicyclic) bond motifs is 2. The number of nitrogens with zero attached hydrogens (tertiary/aromatic N) is 2. The number of thioether (sulfide) groups is 1. The van der Waals surface area contributed by atoms with Gasteiger partial charge in [-0.3, -0.25) is 9.59 Å². The van der Waals surface area contributed by atoms with Crippen molar-refractivity contribution in [2.24, 2.45) is 4.99 Å². The molecule has 0 aliphatic heterocycles. The Bertz CT molecular complexity index is 1370. The number of allylic oxidation sites excluding steroid dienone is 1. The first-order valence-electron chi connectivity index (χ1n) is 11.1. The first kappa shape index (κ1) is 25.3. The number of carbonyl (C=O) groups is 3. The molecule has 1 aromatic carbocycles. The number of thiazole rings is 1. The van der Waals surface area contributed by atoms with Gasteiger partial charge in [0.15, 0.2) is 4.80 Å². The number of esters is 1. The van der Waals surface area contributed by atoms with E-state index in [1.807, 2.05) is 0 Å². The van der Waals surface area contributed by atoms with Crippen molar-refractivity contribution in [3.8, 4) is 0 Å². The largest absolute Gasteiger partial charge is 0.462 e. The third-order valence-corrected chi connectivity index (χ3v) is 8.46. The molecule has 0 saturated heterocycles. The maximum absolute atomic E-state index is 13.6. The van der Waals surface area contributed by atoms with E-state index < -0.39 is 11.9 Å². The van der Waals surface area contributed by atoms with Gasteiger partial charge in [0.2, 0.25) is 5.91 Å². The molecule has 1 aliphatic carbocycles. The molecule has 35 heavy (non-hydrogen) atoms. The van der Waals surface area contributed by atoms with Crippen molar-refractivity contribution in [2.75, 3.05) is 23.4 Å². The number of carbonyl (C=O) groups excluding carboxylic acids is 3. The van der Waals surface area contributed by atoms with Crippen LogP contribution < -0.4 is 10.1 Å². The Morgan fingerprint density at radius 2 is 2.11 bits per heavy atom. The average Bonchev–Trinajstić information content (AvgIpc) is 3.47. The minimum absolute atomic E-state index is 0.00971. The summed E-state index contributed by atoms with van der Waals surface area (Å²) in [5.41, 5.74) is 2.21. The van der Waals surface area contributed by atoms with Gasteiger partial charge in [-0.05, 0) is 49.9 Å². The summed E-state index contributed by atoms with van der Waals surface area (Å²) >= 11 is 3.78. The zero-order valence-corrected chi connectivity index (χ0v) is 21.5. The lowest BCUT2D eigenvalue weighted by Crippen LogP contribution is -2.19. The van der Waals surface area contributed by atoms with Crippen molar-refractivity contribution < 1.29 is 23.5 Å². The van der Waals surface area contributed by atoms with Crippen LogP contribution in [0.1, 0.15) is 34.1 Å². The highest BCUT2D eigenvalue weighted by atomic mass is 32.2. The summed E-state index contributed by atoms with van der Waals surface area (Å²) in [6.07, 6.45) is 4.37. The molecule has 0 unspecified atom stereocenters. The number of aromatic nitrogens is 1. The second-order valence-corrected chi connectivity index (χ2v) is 10.8.